The molecule has 2 rings (SSSR count). The van der Waals surface area contributed by atoms with Crippen molar-refractivity contribution < 1.29 is 9.50 Å². The van der Waals surface area contributed by atoms with Gasteiger partial charge in [0.2, 0.25) is 0 Å². The molecule has 15 heavy (non-hydrogen) atoms. The van der Waals surface area contributed by atoms with Crippen LogP contribution >= 0.6 is 27.3 Å². The molecule has 1 aromatic heterocycles. The molecule has 2 nitrogen and oxygen atoms in total. The van der Waals surface area contributed by atoms with Gasteiger partial charge in [-0.2, -0.15) is 0 Å². The van der Waals surface area contributed by atoms with Gasteiger partial charge in [-0.05, 0) is 40.2 Å². The zero-order valence-electron chi connectivity index (χ0n) is 7.58. The van der Waals surface area contributed by atoms with E-state index in [4.69, 9.17) is 5.11 Å². The normalized spacial score (nSPS) is 10.6. The van der Waals surface area contributed by atoms with Crippen molar-refractivity contribution in [3.8, 4) is 11.3 Å². The fourth-order valence-electron chi connectivity index (χ4n) is 1.26. The number of aromatic nitrogens is 1. The summed E-state index contributed by atoms with van der Waals surface area (Å²) in [5.74, 6) is -0.279. The van der Waals surface area contributed by atoms with Crippen LogP contribution in [-0.2, 0) is 6.61 Å². The first-order valence-electron chi connectivity index (χ1n) is 4.22. The lowest BCUT2D eigenvalue weighted by molar-refractivity contribution is 0.286. The summed E-state index contributed by atoms with van der Waals surface area (Å²) in [6.07, 6.45) is 0. The van der Waals surface area contributed by atoms with Crippen molar-refractivity contribution in [2.75, 3.05) is 0 Å². The van der Waals surface area contributed by atoms with Crippen LogP contribution in [0, 0.1) is 5.82 Å². The first-order valence-corrected chi connectivity index (χ1v) is 5.83. The Morgan fingerprint density at radius 2 is 2.00 bits per heavy atom. The van der Waals surface area contributed by atoms with E-state index in [1.807, 2.05) is 0 Å². The molecule has 0 fully saturated rings. The molecule has 0 bridgehead atoms. The summed E-state index contributed by atoms with van der Waals surface area (Å²) in [6.45, 7) is -0.0595. The molecule has 0 radical (unpaired) electrons. The van der Waals surface area contributed by atoms with Crippen LogP contribution in [0.2, 0.25) is 0 Å². The van der Waals surface area contributed by atoms with Gasteiger partial charge in [0.05, 0.1) is 17.2 Å². The minimum atomic E-state index is -0.279. The lowest BCUT2D eigenvalue weighted by atomic mass is 10.1. The Morgan fingerprint density at radius 3 is 2.60 bits per heavy atom. The maximum atomic E-state index is 12.7. The molecule has 1 aromatic carbocycles. The molecule has 0 aliphatic carbocycles. The van der Waals surface area contributed by atoms with Crippen molar-refractivity contribution >= 4 is 27.3 Å². The Hall–Kier alpha value is -0.780. The Bertz CT molecular complexity index is 469. The second-order valence-corrected chi connectivity index (χ2v) is 5.26. The molecule has 78 valence electrons. The Kier molecular flexibility index (Phi) is 3.14. The highest BCUT2D eigenvalue weighted by atomic mass is 79.9. The minimum absolute atomic E-state index is 0.0595. The molecule has 1 heterocycles. The highest BCUT2D eigenvalue weighted by molar-refractivity contribution is 9.11. The fourth-order valence-corrected chi connectivity index (χ4v) is 2.69. The van der Waals surface area contributed by atoms with Crippen LogP contribution < -0.4 is 0 Å². The van der Waals surface area contributed by atoms with Gasteiger partial charge < -0.3 is 5.11 Å². The first-order chi connectivity index (χ1) is 7.20. The number of nitrogens with zero attached hydrogens (tertiary/aromatic N) is 1. The second-order valence-electron chi connectivity index (χ2n) is 2.90. The van der Waals surface area contributed by atoms with Crippen LogP contribution in [0.4, 0.5) is 4.39 Å². The molecule has 1 N–H and O–H groups in total. The van der Waals surface area contributed by atoms with E-state index in [2.05, 4.69) is 20.9 Å². The van der Waals surface area contributed by atoms with Crippen LogP contribution in [0.5, 0.6) is 0 Å². The van der Waals surface area contributed by atoms with E-state index >= 15 is 0 Å². The van der Waals surface area contributed by atoms with E-state index in [1.165, 1.54) is 23.5 Å². The molecular formula is C10H7BrFNOS. The molecule has 0 amide bonds. The molecule has 0 saturated carbocycles. The molecule has 0 unspecified atom stereocenters. The number of aliphatic hydroxyl groups excluding tert-OH is 1. The number of halogens is 2. The summed E-state index contributed by atoms with van der Waals surface area (Å²) >= 11 is 4.63. The van der Waals surface area contributed by atoms with E-state index in [1.54, 1.807) is 12.1 Å². The number of thiazole rings is 1. The van der Waals surface area contributed by atoms with Gasteiger partial charge in [0.25, 0.3) is 0 Å². The smallest absolute Gasteiger partial charge is 0.160 e. The van der Waals surface area contributed by atoms with Crippen molar-refractivity contribution in [3.05, 3.63) is 38.9 Å². The molecule has 0 aliphatic heterocycles. The van der Waals surface area contributed by atoms with Gasteiger partial charge >= 0.3 is 0 Å². The number of hydrogen-bond donors (Lipinski definition) is 1. The molecule has 0 atom stereocenters. The molecule has 0 saturated heterocycles. The largest absolute Gasteiger partial charge is 0.391 e. The predicted molar refractivity (Wildman–Crippen MR) is 61.1 cm³/mol. The average Bonchev–Trinajstić information content (AvgIpc) is 2.61. The molecular weight excluding hydrogens is 281 g/mol. The SMILES string of the molecule is OCc1sc(Br)nc1-c1ccc(F)cc1. The zero-order valence-corrected chi connectivity index (χ0v) is 9.98. The highest BCUT2D eigenvalue weighted by Gasteiger charge is 2.10. The summed E-state index contributed by atoms with van der Waals surface area (Å²) in [7, 11) is 0. The van der Waals surface area contributed by atoms with E-state index in [0.29, 0.717) is 9.61 Å². The van der Waals surface area contributed by atoms with Crippen molar-refractivity contribution in [2.45, 2.75) is 6.61 Å². The monoisotopic (exact) mass is 287 g/mol. The first kappa shape index (κ1) is 10.7. The number of aliphatic hydroxyl groups is 1. The molecule has 0 spiro atoms. The number of hydrogen-bond acceptors (Lipinski definition) is 3. The maximum Gasteiger partial charge on any atom is 0.160 e. The Morgan fingerprint density at radius 1 is 1.33 bits per heavy atom. The zero-order chi connectivity index (χ0) is 10.8. The highest BCUT2D eigenvalue weighted by Crippen LogP contribution is 2.31. The number of benzene rings is 1. The Labute approximate surface area is 98.5 Å². The van der Waals surface area contributed by atoms with Crippen LogP contribution in [0.25, 0.3) is 11.3 Å². The van der Waals surface area contributed by atoms with Crippen molar-refractivity contribution in [1.29, 1.82) is 0 Å². The van der Waals surface area contributed by atoms with Gasteiger partial charge in [-0.25, -0.2) is 9.37 Å². The third-order valence-electron chi connectivity index (χ3n) is 1.93. The lowest BCUT2D eigenvalue weighted by Crippen LogP contribution is -1.85. The van der Waals surface area contributed by atoms with Gasteiger partial charge in [0.1, 0.15) is 5.82 Å². The molecule has 5 heteroatoms. The van der Waals surface area contributed by atoms with E-state index in [-0.39, 0.29) is 12.4 Å². The van der Waals surface area contributed by atoms with Gasteiger partial charge in [0.15, 0.2) is 3.92 Å². The number of rotatable bonds is 2. The summed E-state index contributed by atoms with van der Waals surface area (Å²) in [4.78, 5) is 5.01. The second kappa shape index (κ2) is 4.38. The Balaban J connectivity index is 2.48. The lowest BCUT2D eigenvalue weighted by Gasteiger charge is -1.98. The van der Waals surface area contributed by atoms with Gasteiger partial charge in [0, 0.05) is 5.56 Å². The van der Waals surface area contributed by atoms with Gasteiger partial charge in [-0.15, -0.1) is 11.3 Å². The van der Waals surface area contributed by atoms with E-state index in [0.717, 1.165) is 10.4 Å². The quantitative estimate of drug-likeness (QED) is 0.920. The van der Waals surface area contributed by atoms with Crippen LogP contribution in [0.3, 0.4) is 0 Å². The molecule has 2 aromatic rings. The fraction of sp³-hybridized carbons (Fsp3) is 0.100. The van der Waals surface area contributed by atoms with Gasteiger partial charge in [-0.3, -0.25) is 0 Å². The van der Waals surface area contributed by atoms with E-state index < -0.39 is 0 Å². The summed E-state index contributed by atoms with van der Waals surface area (Å²) in [5, 5.41) is 9.12. The maximum absolute atomic E-state index is 12.7. The van der Waals surface area contributed by atoms with Gasteiger partial charge in [-0.1, -0.05) is 0 Å². The van der Waals surface area contributed by atoms with Crippen molar-refractivity contribution in [1.82, 2.24) is 4.98 Å². The standard InChI is InChI=1S/C10H7BrFNOS/c11-10-13-9(8(5-14)15-10)6-1-3-7(12)4-2-6/h1-4,14H,5H2. The summed E-state index contributed by atoms with van der Waals surface area (Å²) in [5.41, 5.74) is 1.51. The van der Waals surface area contributed by atoms with Crippen molar-refractivity contribution in [2.24, 2.45) is 0 Å². The molecule has 0 aliphatic rings. The minimum Gasteiger partial charge on any atom is -0.391 e. The third kappa shape index (κ3) is 2.25. The van der Waals surface area contributed by atoms with Crippen LogP contribution in [0.15, 0.2) is 28.2 Å². The third-order valence-corrected chi connectivity index (χ3v) is 3.42. The average molecular weight is 288 g/mol. The summed E-state index contributed by atoms with van der Waals surface area (Å²) in [6, 6.07) is 6.06. The van der Waals surface area contributed by atoms with Crippen molar-refractivity contribution in [3.63, 3.8) is 0 Å². The predicted octanol–water partition coefficient (Wildman–Crippen LogP) is 3.20. The van der Waals surface area contributed by atoms with Crippen LogP contribution in [-0.4, -0.2) is 10.1 Å². The topological polar surface area (TPSA) is 33.1 Å². The van der Waals surface area contributed by atoms with E-state index in [9.17, 15) is 4.39 Å². The van der Waals surface area contributed by atoms with Crippen LogP contribution in [0.1, 0.15) is 4.88 Å². The summed E-state index contributed by atoms with van der Waals surface area (Å²) < 4.78 is 13.4.